The molecule has 0 radical (unpaired) electrons. The number of aromatic nitrogens is 2. The van der Waals surface area contributed by atoms with Crippen molar-refractivity contribution in [3.63, 3.8) is 0 Å². The highest BCUT2D eigenvalue weighted by Crippen LogP contribution is 2.25. The number of carboxylic acids is 1. The van der Waals surface area contributed by atoms with E-state index in [1.165, 1.54) is 12.3 Å². The van der Waals surface area contributed by atoms with E-state index in [9.17, 15) is 9.18 Å². The molecule has 0 saturated carbocycles. The molecule has 1 aromatic carbocycles. The van der Waals surface area contributed by atoms with Crippen LogP contribution >= 0.6 is 15.9 Å². The topological polar surface area (TPSA) is 75.1 Å². The maximum Gasteiger partial charge on any atom is 0.356 e. The fraction of sp³-hybridized carbons (Fsp3) is 0.0833. The Morgan fingerprint density at radius 3 is 2.84 bits per heavy atom. The number of rotatable bonds is 3. The zero-order valence-corrected chi connectivity index (χ0v) is 11.4. The quantitative estimate of drug-likeness (QED) is 0.906. The lowest BCUT2D eigenvalue weighted by molar-refractivity contribution is 0.0690. The summed E-state index contributed by atoms with van der Waals surface area (Å²) in [5.74, 6) is -1.35. The number of aromatic carboxylic acids is 1. The van der Waals surface area contributed by atoms with Gasteiger partial charge in [-0.2, -0.15) is 0 Å². The first-order valence-corrected chi connectivity index (χ1v) is 6.04. The van der Waals surface area contributed by atoms with E-state index in [0.29, 0.717) is 10.2 Å². The summed E-state index contributed by atoms with van der Waals surface area (Å²) in [7, 11) is 0. The Hall–Kier alpha value is -2.02. The molecule has 2 rings (SSSR count). The van der Waals surface area contributed by atoms with Gasteiger partial charge < -0.3 is 10.4 Å². The van der Waals surface area contributed by atoms with Crippen molar-refractivity contribution in [2.75, 3.05) is 5.32 Å². The first-order chi connectivity index (χ1) is 8.97. The van der Waals surface area contributed by atoms with E-state index in [4.69, 9.17) is 5.11 Å². The molecule has 7 heteroatoms. The molecule has 0 aliphatic heterocycles. The summed E-state index contributed by atoms with van der Waals surface area (Å²) in [5, 5.41) is 11.7. The lowest BCUT2D eigenvalue weighted by Gasteiger charge is -2.09. The van der Waals surface area contributed by atoms with Gasteiger partial charge in [-0.05, 0) is 40.5 Å². The van der Waals surface area contributed by atoms with Crippen LogP contribution in [0.3, 0.4) is 0 Å². The summed E-state index contributed by atoms with van der Waals surface area (Å²) in [6.45, 7) is 1.79. The number of carboxylic acid groups (broad SMARTS) is 1. The van der Waals surface area contributed by atoms with Crippen molar-refractivity contribution in [2.45, 2.75) is 6.92 Å². The molecule has 0 fully saturated rings. The molecule has 0 atom stereocenters. The van der Waals surface area contributed by atoms with Crippen LogP contribution < -0.4 is 5.32 Å². The number of aryl methyl sites for hydroxylation is 1. The number of halogens is 2. The van der Waals surface area contributed by atoms with Crippen LogP contribution in [0.2, 0.25) is 0 Å². The van der Waals surface area contributed by atoms with Gasteiger partial charge in [-0.3, -0.25) is 4.98 Å². The predicted molar refractivity (Wildman–Crippen MR) is 71.1 cm³/mol. The fourth-order valence-electron chi connectivity index (χ4n) is 1.45. The smallest absolute Gasteiger partial charge is 0.356 e. The van der Waals surface area contributed by atoms with E-state index >= 15 is 0 Å². The van der Waals surface area contributed by atoms with Crippen molar-refractivity contribution >= 4 is 33.4 Å². The van der Waals surface area contributed by atoms with Gasteiger partial charge in [-0.15, -0.1) is 0 Å². The summed E-state index contributed by atoms with van der Waals surface area (Å²) in [6.07, 6.45) is 2.51. The second-order valence-corrected chi connectivity index (χ2v) is 4.66. The van der Waals surface area contributed by atoms with Gasteiger partial charge in [0.2, 0.25) is 0 Å². The summed E-state index contributed by atoms with van der Waals surface area (Å²) in [6, 6.07) is 2.92. The SMILES string of the molecule is Cc1cc(Br)c(F)cc1Nc1cncc(C(=O)O)n1. The maximum absolute atomic E-state index is 13.5. The van der Waals surface area contributed by atoms with Crippen LogP contribution in [0, 0.1) is 12.7 Å². The zero-order valence-electron chi connectivity index (χ0n) is 9.82. The number of hydrogen-bond acceptors (Lipinski definition) is 4. The van der Waals surface area contributed by atoms with E-state index in [2.05, 4.69) is 31.2 Å². The third-order valence-corrected chi connectivity index (χ3v) is 2.99. The molecule has 2 N–H and O–H groups in total. The predicted octanol–water partition coefficient (Wildman–Crippen LogP) is 3.13. The van der Waals surface area contributed by atoms with E-state index in [1.54, 1.807) is 13.0 Å². The van der Waals surface area contributed by atoms with Gasteiger partial charge >= 0.3 is 5.97 Å². The Morgan fingerprint density at radius 2 is 2.16 bits per heavy atom. The van der Waals surface area contributed by atoms with Gasteiger partial charge in [-0.25, -0.2) is 14.2 Å². The fourth-order valence-corrected chi connectivity index (χ4v) is 1.91. The number of anilines is 2. The van der Waals surface area contributed by atoms with Gasteiger partial charge in [0.25, 0.3) is 0 Å². The first kappa shape index (κ1) is 13.4. The summed E-state index contributed by atoms with van der Waals surface area (Å²) in [4.78, 5) is 18.4. The van der Waals surface area contributed by atoms with E-state index in [0.717, 1.165) is 11.8 Å². The molecule has 1 aromatic heterocycles. The summed E-state index contributed by atoms with van der Waals surface area (Å²) in [5.41, 5.74) is 1.11. The van der Waals surface area contributed by atoms with Crippen molar-refractivity contribution in [2.24, 2.45) is 0 Å². The molecule has 0 unspecified atom stereocenters. The molecule has 2 aromatic rings. The lowest BCUT2D eigenvalue weighted by atomic mass is 10.2. The molecule has 0 amide bonds. The minimum Gasteiger partial charge on any atom is -0.476 e. The second kappa shape index (κ2) is 5.31. The Labute approximate surface area is 116 Å². The standard InChI is InChI=1S/C12H9BrFN3O2/c1-6-2-7(13)8(14)3-9(6)16-11-5-15-4-10(17-11)12(18)19/h2-5H,1H3,(H,16,17)(H,18,19). The highest BCUT2D eigenvalue weighted by atomic mass is 79.9. The Balaban J connectivity index is 2.33. The van der Waals surface area contributed by atoms with Crippen LogP contribution in [-0.4, -0.2) is 21.0 Å². The number of nitrogens with one attached hydrogen (secondary N) is 1. The van der Waals surface area contributed by atoms with Gasteiger partial charge in [0.15, 0.2) is 5.69 Å². The lowest BCUT2D eigenvalue weighted by Crippen LogP contribution is -2.04. The third kappa shape index (κ3) is 3.05. The van der Waals surface area contributed by atoms with Crippen molar-refractivity contribution in [3.8, 4) is 0 Å². The van der Waals surface area contributed by atoms with Crippen LogP contribution in [0.4, 0.5) is 15.9 Å². The van der Waals surface area contributed by atoms with E-state index < -0.39 is 11.8 Å². The average molecular weight is 326 g/mol. The van der Waals surface area contributed by atoms with Crippen molar-refractivity contribution in [1.82, 2.24) is 9.97 Å². The monoisotopic (exact) mass is 325 g/mol. The molecule has 98 valence electrons. The molecular weight excluding hydrogens is 317 g/mol. The van der Waals surface area contributed by atoms with Crippen LogP contribution in [0.1, 0.15) is 16.1 Å². The molecule has 0 aliphatic carbocycles. The second-order valence-electron chi connectivity index (χ2n) is 3.80. The zero-order chi connectivity index (χ0) is 14.0. The molecule has 0 bridgehead atoms. The van der Waals surface area contributed by atoms with Gasteiger partial charge in [0.05, 0.1) is 16.9 Å². The van der Waals surface area contributed by atoms with Crippen LogP contribution in [-0.2, 0) is 0 Å². The number of hydrogen-bond donors (Lipinski definition) is 2. The minimum atomic E-state index is -1.17. The molecule has 1 heterocycles. The van der Waals surface area contributed by atoms with Crippen molar-refractivity contribution in [3.05, 3.63) is 46.1 Å². The van der Waals surface area contributed by atoms with Crippen molar-refractivity contribution < 1.29 is 14.3 Å². The normalized spacial score (nSPS) is 10.3. The summed E-state index contributed by atoms with van der Waals surface area (Å²) >= 11 is 3.09. The molecule has 5 nitrogen and oxygen atoms in total. The Morgan fingerprint density at radius 1 is 1.42 bits per heavy atom. The minimum absolute atomic E-state index is 0.180. The van der Waals surface area contributed by atoms with E-state index in [-0.39, 0.29) is 11.5 Å². The van der Waals surface area contributed by atoms with Gasteiger partial charge in [-0.1, -0.05) is 0 Å². The highest BCUT2D eigenvalue weighted by molar-refractivity contribution is 9.10. The summed E-state index contributed by atoms with van der Waals surface area (Å²) < 4.78 is 13.8. The molecule has 19 heavy (non-hydrogen) atoms. The Bertz CT molecular complexity index is 649. The average Bonchev–Trinajstić information content (AvgIpc) is 2.36. The molecule has 0 spiro atoms. The molecule has 0 saturated heterocycles. The number of benzene rings is 1. The molecule has 0 aliphatic rings. The highest BCUT2D eigenvalue weighted by Gasteiger charge is 2.09. The number of nitrogens with zero attached hydrogens (tertiary/aromatic N) is 2. The Kier molecular flexibility index (Phi) is 3.75. The molecular formula is C12H9BrFN3O2. The maximum atomic E-state index is 13.5. The number of carbonyl (C=O) groups is 1. The van der Waals surface area contributed by atoms with Crippen LogP contribution in [0.15, 0.2) is 29.0 Å². The van der Waals surface area contributed by atoms with Crippen LogP contribution in [0.25, 0.3) is 0 Å². The van der Waals surface area contributed by atoms with Crippen LogP contribution in [0.5, 0.6) is 0 Å². The van der Waals surface area contributed by atoms with Gasteiger partial charge in [0, 0.05) is 5.69 Å². The third-order valence-electron chi connectivity index (χ3n) is 2.38. The van der Waals surface area contributed by atoms with Crippen molar-refractivity contribution in [1.29, 1.82) is 0 Å². The van der Waals surface area contributed by atoms with E-state index in [1.807, 2.05) is 0 Å². The largest absolute Gasteiger partial charge is 0.476 e. The first-order valence-electron chi connectivity index (χ1n) is 5.25. The van der Waals surface area contributed by atoms with Gasteiger partial charge in [0.1, 0.15) is 11.6 Å².